The van der Waals surface area contributed by atoms with Gasteiger partial charge in [-0.25, -0.2) is 4.79 Å². The zero-order valence-corrected chi connectivity index (χ0v) is 17.9. The van der Waals surface area contributed by atoms with Crippen molar-refractivity contribution in [3.8, 4) is 5.75 Å². The van der Waals surface area contributed by atoms with Crippen molar-refractivity contribution >= 4 is 41.1 Å². The van der Waals surface area contributed by atoms with E-state index in [4.69, 9.17) is 26.8 Å². The largest absolute Gasteiger partial charge is 0.488 e. The van der Waals surface area contributed by atoms with E-state index < -0.39 is 28.2 Å². The van der Waals surface area contributed by atoms with Crippen LogP contribution in [0.5, 0.6) is 5.75 Å². The molecule has 0 saturated carbocycles. The molecule has 0 aliphatic carbocycles. The summed E-state index contributed by atoms with van der Waals surface area (Å²) in [5.74, 6) is -0.871. The molecule has 2 rings (SSSR count). The van der Waals surface area contributed by atoms with E-state index in [9.17, 15) is 19.7 Å². The quantitative estimate of drug-likeness (QED) is 0.463. The van der Waals surface area contributed by atoms with Crippen LogP contribution in [0, 0.1) is 10.1 Å². The second kappa shape index (κ2) is 9.94. The molecule has 2 aromatic carbocycles. The lowest BCUT2D eigenvalue weighted by molar-refractivity contribution is -0.384. The van der Waals surface area contributed by atoms with Crippen LogP contribution in [0.25, 0.3) is 6.08 Å². The van der Waals surface area contributed by atoms with Gasteiger partial charge in [-0.05, 0) is 50.6 Å². The Morgan fingerprint density at radius 3 is 2.58 bits per heavy atom. The highest BCUT2D eigenvalue weighted by atomic mass is 35.5. The Hall–Kier alpha value is -3.59. The molecular weight excluding hydrogens is 426 g/mol. The first-order chi connectivity index (χ1) is 14.5. The number of nitrogens with zero attached hydrogens (tertiary/aromatic N) is 1. The summed E-state index contributed by atoms with van der Waals surface area (Å²) in [6.45, 7) is 5.33. The number of amides is 2. The molecule has 2 amide bonds. The maximum Gasteiger partial charge on any atom is 0.412 e. The van der Waals surface area contributed by atoms with Crippen LogP contribution in [0.15, 0.2) is 42.5 Å². The normalized spacial score (nSPS) is 11.2. The van der Waals surface area contributed by atoms with E-state index in [1.807, 2.05) is 6.07 Å². The van der Waals surface area contributed by atoms with Crippen molar-refractivity contribution in [2.45, 2.75) is 26.4 Å². The Kier molecular flexibility index (Phi) is 7.60. The molecule has 0 fully saturated rings. The summed E-state index contributed by atoms with van der Waals surface area (Å²) in [7, 11) is 0. The number of nitrogens with two attached hydrogens (primary N) is 1. The minimum atomic E-state index is -0.838. The topological polar surface area (TPSA) is 134 Å². The average molecular weight is 448 g/mol. The summed E-state index contributed by atoms with van der Waals surface area (Å²) in [6.07, 6.45) is 2.80. The molecule has 0 saturated heterocycles. The van der Waals surface area contributed by atoms with Gasteiger partial charge in [0.25, 0.3) is 5.69 Å². The molecule has 0 aliphatic heterocycles. The molecule has 0 unspecified atom stereocenters. The van der Waals surface area contributed by atoms with Crippen molar-refractivity contribution in [2.24, 2.45) is 5.73 Å². The third-order valence-electron chi connectivity index (χ3n) is 3.68. The molecule has 0 bridgehead atoms. The highest BCUT2D eigenvalue weighted by Crippen LogP contribution is 2.35. The highest BCUT2D eigenvalue weighted by molar-refractivity contribution is 6.34. The van der Waals surface area contributed by atoms with Crippen LogP contribution in [-0.4, -0.2) is 29.1 Å². The van der Waals surface area contributed by atoms with Gasteiger partial charge in [-0.2, -0.15) is 0 Å². The summed E-state index contributed by atoms with van der Waals surface area (Å²) >= 11 is 6.00. The number of hydrogen-bond donors (Lipinski definition) is 2. The Morgan fingerprint density at radius 1 is 1.26 bits per heavy atom. The van der Waals surface area contributed by atoms with Gasteiger partial charge in [-0.1, -0.05) is 29.8 Å². The van der Waals surface area contributed by atoms with Gasteiger partial charge >= 0.3 is 6.09 Å². The van der Waals surface area contributed by atoms with Gasteiger partial charge in [-0.3, -0.25) is 20.2 Å². The van der Waals surface area contributed by atoms with Crippen molar-refractivity contribution < 1.29 is 24.0 Å². The summed E-state index contributed by atoms with van der Waals surface area (Å²) in [6, 6.07) is 9.25. The van der Waals surface area contributed by atoms with Crippen LogP contribution >= 0.6 is 11.6 Å². The zero-order chi connectivity index (χ0) is 23.2. The lowest BCUT2D eigenvalue weighted by Gasteiger charge is -2.19. The maximum atomic E-state index is 11.9. The van der Waals surface area contributed by atoms with Crippen molar-refractivity contribution in [3.05, 3.63) is 68.7 Å². The summed E-state index contributed by atoms with van der Waals surface area (Å²) < 4.78 is 10.7. The number of ether oxygens (including phenoxy) is 2. The van der Waals surface area contributed by atoms with E-state index in [1.54, 1.807) is 51.1 Å². The summed E-state index contributed by atoms with van der Waals surface area (Å²) in [5.41, 5.74) is 5.34. The molecule has 9 nitrogen and oxygen atoms in total. The van der Waals surface area contributed by atoms with Gasteiger partial charge in [0.15, 0.2) is 5.02 Å². The number of rotatable bonds is 7. The van der Waals surface area contributed by atoms with Crippen LogP contribution < -0.4 is 15.8 Å². The predicted octanol–water partition coefficient (Wildman–Crippen LogP) is 4.79. The van der Waals surface area contributed by atoms with E-state index in [-0.39, 0.29) is 22.9 Å². The number of nitrogens with one attached hydrogen (secondary N) is 1. The van der Waals surface area contributed by atoms with E-state index in [1.165, 1.54) is 6.07 Å². The second-order valence-corrected chi connectivity index (χ2v) is 7.77. The minimum absolute atomic E-state index is 0.0167. The number of hydrogen-bond acceptors (Lipinski definition) is 6. The fourth-order valence-electron chi connectivity index (χ4n) is 2.43. The minimum Gasteiger partial charge on any atom is -0.488 e. The molecule has 2 aromatic rings. The van der Waals surface area contributed by atoms with Crippen molar-refractivity contribution in [1.29, 1.82) is 0 Å². The van der Waals surface area contributed by atoms with Crippen LogP contribution in [0.4, 0.5) is 16.2 Å². The van der Waals surface area contributed by atoms with Crippen LogP contribution in [0.1, 0.15) is 36.7 Å². The molecule has 31 heavy (non-hydrogen) atoms. The molecule has 0 heterocycles. The van der Waals surface area contributed by atoms with Crippen molar-refractivity contribution in [1.82, 2.24) is 0 Å². The zero-order valence-electron chi connectivity index (χ0n) is 17.2. The van der Waals surface area contributed by atoms with Gasteiger partial charge in [0.2, 0.25) is 5.91 Å². The lowest BCUT2D eigenvalue weighted by atomic mass is 10.1. The monoisotopic (exact) mass is 447 g/mol. The molecule has 3 N–H and O–H groups in total. The molecule has 164 valence electrons. The number of nitro groups is 1. The molecule has 0 radical (unpaired) electrons. The number of anilines is 1. The fourth-order valence-corrected chi connectivity index (χ4v) is 2.66. The first kappa shape index (κ1) is 23.7. The lowest BCUT2D eigenvalue weighted by Crippen LogP contribution is -2.27. The number of carbonyl (C=O) groups excluding carboxylic acids is 2. The summed E-state index contributed by atoms with van der Waals surface area (Å²) in [5, 5.41) is 13.5. The third-order valence-corrected chi connectivity index (χ3v) is 4.06. The Labute approximate surface area is 183 Å². The molecule has 0 spiro atoms. The van der Waals surface area contributed by atoms with E-state index in [0.29, 0.717) is 5.69 Å². The first-order valence-electron chi connectivity index (χ1n) is 9.13. The predicted molar refractivity (Wildman–Crippen MR) is 117 cm³/mol. The van der Waals surface area contributed by atoms with Gasteiger partial charge in [0, 0.05) is 17.3 Å². The molecule has 10 heteroatoms. The van der Waals surface area contributed by atoms with Crippen LogP contribution in [0.2, 0.25) is 5.02 Å². The molecule has 0 aromatic heterocycles. The van der Waals surface area contributed by atoms with E-state index in [0.717, 1.165) is 11.6 Å². The third kappa shape index (κ3) is 7.31. The van der Waals surface area contributed by atoms with Gasteiger partial charge in [0.1, 0.15) is 18.0 Å². The molecular formula is C21H22ClN3O6. The highest BCUT2D eigenvalue weighted by Gasteiger charge is 2.21. The van der Waals surface area contributed by atoms with Crippen LogP contribution in [0.3, 0.4) is 0 Å². The maximum absolute atomic E-state index is 11.9. The number of carbonyl (C=O) groups is 2. The molecule has 0 aliphatic rings. The first-order valence-corrected chi connectivity index (χ1v) is 9.51. The molecule has 0 atom stereocenters. The fraction of sp³-hybridized carbons (Fsp3) is 0.238. The van der Waals surface area contributed by atoms with Crippen molar-refractivity contribution in [2.75, 3.05) is 11.9 Å². The number of nitro benzene ring substituents is 1. The van der Waals surface area contributed by atoms with Gasteiger partial charge in [0.05, 0.1) is 4.92 Å². The second-order valence-electron chi connectivity index (χ2n) is 7.39. The SMILES string of the molecule is CC(C)(C)OC(=O)Nc1cccc(/C=C/COc2cc(C(N)=O)cc([N+](=O)[O-])c2Cl)c1. The number of benzene rings is 2. The number of primary amides is 1. The van der Waals surface area contributed by atoms with Crippen LogP contribution in [-0.2, 0) is 4.74 Å². The van der Waals surface area contributed by atoms with Gasteiger partial charge in [-0.15, -0.1) is 0 Å². The summed E-state index contributed by atoms with van der Waals surface area (Å²) in [4.78, 5) is 33.6. The van der Waals surface area contributed by atoms with E-state index in [2.05, 4.69) is 5.32 Å². The van der Waals surface area contributed by atoms with Gasteiger partial charge < -0.3 is 15.2 Å². The smallest absolute Gasteiger partial charge is 0.412 e. The van der Waals surface area contributed by atoms with Crippen molar-refractivity contribution in [3.63, 3.8) is 0 Å². The Bertz CT molecular complexity index is 1030. The Balaban J connectivity index is 2.06. The standard InChI is InChI=1S/C21H22ClN3O6/c1-21(2,3)31-20(27)24-15-8-4-6-13(10-15)7-5-9-30-17-12-14(19(23)26)11-16(18(17)22)25(28)29/h4-8,10-12H,9H2,1-3H3,(H2,23,26)(H,24,27)/b7-5+. The number of halogens is 1. The average Bonchev–Trinajstić information content (AvgIpc) is 2.64. The Morgan fingerprint density at radius 2 is 1.97 bits per heavy atom. The van der Waals surface area contributed by atoms with E-state index >= 15 is 0 Å².